The van der Waals surface area contributed by atoms with Gasteiger partial charge in [0.15, 0.2) is 5.13 Å². The summed E-state index contributed by atoms with van der Waals surface area (Å²) >= 11 is 6.98. The van der Waals surface area contributed by atoms with Crippen molar-refractivity contribution in [2.45, 2.75) is 12.6 Å². The van der Waals surface area contributed by atoms with Gasteiger partial charge in [0.05, 0.1) is 23.9 Å². The molecule has 2 N–H and O–H groups in total. The summed E-state index contributed by atoms with van der Waals surface area (Å²) in [7, 11) is 0. The number of rotatable bonds is 6. The number of carbonyl (C=O) groups excluding carboxylic acids is 1. The van der Waals surface area contributed by atoms with E-state index < -0.39 is 11.7 Å². The van der Waals surface area contributed by atoms with Gasteiger partial charge < -0.3 is 5.32 Å². The highest BCUT2D eigenvalue weighted by molar-refractivity contribution is 7.13. The molecule has 0 spiro atoms. The van der Waals surface area contributed by atoms with Gasteiger partial charge in [-0.25, -0.2) is 10.4 Å². The average molecular weight is 439 g/mol. The van der Waals surface area contributed by atoms with Crippen molar-refractivity contribution in [2.75, 3.05) is 5.32 Å². The summed E-state index contributed by atoms with van der Waals surface area (Å²) in [6, 6.07) is 11.7. The lowest BCUT2D eigenvalue weighted by Gasteiger charge is -2.08. The third-order valence-corrected chi connectivity index (χ3v) is 4.67. The summed E-state index contributed by atoms with van der Waals surface area (Å²) in [4.78, 5) is 16.2. The number of carbonyl (C=O) groups is 1. The number of hydrazone groups is 1. The summed E-state index contributed by atoms with van der Waals surface area (Å²) in [6.07, 6.45) is -2.95. The van der Waals surface area contributed by atoms with E-state index in [4.69, 9.17) is 11.6 Å². The van der Waals surface area contributed by atoms with Gasteiger partial charge in [0.1, 0.15) is 0 Å². The Morgan fingerprint density at radius 2 is 1.97 bits per heavy atom. The molecule has 0 atom stereocenters. The molecule has 5 nitrogen and oxygen atoms in total. The van der Waals surface area contributed by atoms with E-state index in [1.165, 1.54) is 29.7 Å². The number of thiazole rings is 1. The molecule has 0 aliphatic carbocycles. The van der Waals surface area contributed by atoms with Crippen LogP contribution in [0.2, 0.25) is 5.02 Å². The molecule has 150 valence electrons. The number of nitrogens with one attached hydrogen (secondary N) is 2. The first kappa shape index (κ1) is 20.8. The zero-order valence-electron chi connectivity index (χ0n) is 14.7. The predicted molar refractivity (Wildman–Crippen MR) is 108 cm³/mol. The normalized spacial score (nSPS) is 11.6. The van der Waals surface area contributed by atoms with Crippen molar-refractivity contribution >= 4 is 45.9 Å². The molecule has 29 heavy (non-hydrogen) atoms. The Hall–Kier alpha value is -2.91. The van der Waals surface area contributed by atoms with Gasteiger partial charge in [0, 0.05) is 16.1 Å². The van der Waals surface area contributed by atoms with Crippen LogP contribution >= 0.6 is 22.9 Å². The number of anilines is 2. The lowest BCUT2D eigenvalue weighted by Crippen LogP contribution is -2.19. The maximum atomic E-state index is 12.8. The van der Waals surface area contributed by atoms with Crippen molar-refractivity contribution in [2.24, 2.45) is 5.10 Å². The molecule has 3 rings (SSSR count). The van der Waals surface area contributed by atoms with Crippen LogP contribution in [0.5, 0.6) is 0 Å². The number of alkyl halides is 3. The lowest BCUT2D eigenvalue weighted by molar-refractivity contribution is -0.137. The second-order valence-electron chi connectivity index (χ2n) is 5.87. The number of hydrogen-bond acceptors (Lipinski definition) is 5. The SMILES string of the molecule is O=C(Cc1csc(Nc2cccc(C(F)(F)F)c2)n1)N/N=C\c1ccc(Cl)cc1. The first-order valence-electron chi connectivity index (χ1n) is 8.26. The van der Waals surface area contributed by atoms with Crippen molar-refractivity contribution in [3.8, 4) is 0 Å². The number of hydrogen-bond donors (Lipinski definition) is 2. The van der Waals surface area contributed by atoms with Gasteiger partial charge in [-0.05, 0) is 35.9 Å². The van der Waals surface area contributed by atoms with Crippen LogP contribution in [0.25, 0.3) is 0 Å². The lowest BCUT2D eigenvalue weighted by atomic mass is 10.2. The van der Waals surface area contributed by atoms with Crippen LogP contribution < -0.4 is 10.7 Å². The zero-order chi connectivity index (χ0) is 20.9. The second-order valence-corrected chi connectivity index (χ2v) is 7.16. The van der Waals surface area contributed by atoms with E-state index in [1.807, 2.05) is 0 Å². The molecule has 0 bridgehead atoms. The zero-order valence-corrected chi connectivity index (χ0v) is 16.3. The maximum Gasteiger partial charge on any atom is 0.416 e. The third kappa shape index (κ3) is 6.30. The Morgan fingerprint density at radius 1 is 1.21 bits per heavy atom. The molecular formula is C19H14ClF3N4OS. The van der Waals surface area contributed by atoms with Gasteiger partial charge in [-0.3, -0.25) is 4.79 Å². The Morgan fingerprint density at radius 3 is 2.69 bits per heavy atom. The molecule has 1 aromatic heterocycles. The molecule has 3 aromatic rings. The van der Waals surface area contributed by atoms with Gasteiger partial charge in [-0.1, -0.05) is 29.8 Å². The Balaban J connectivity index is 1.54. The standard InChI is InChI=1S/C19H14ClF3N4OS/c20-14-6-4-12(5-7-14)10-24-27-17(28)9-16-11-29-18(26-16)25-15-3-1-2-13(8-15)19(21,22)23/h1-8,10-11H,9H2,(H,25,26)(H,27,28)/b24-10-. The van der Waals surface area contributed by atoms with E-state index in [1.54, 1.807) is 29.6 Å². The average Bonchev–Trinajstić information content (AvgIpc) is 3.09. The minimum Gasteiger partial charge on any atom is -0.332 e. The van der Waals surface area contributed by atoms with Crippen LogP contribution in [-0.4, -0.2) is 17.1 Å². The van der Waals surface area contributed by atoms with Gasteiger partial charge in [0.25, 0.3) is 0 Å². The molecule has 0 aliphatic heterocycles. The molecule has 0 fully saturated rings. The largest absolute Gasteiger partial charge is 0.416 e. The van der Waals surface area contributed by atoms with E-state index in [-0.39, 0.29) is 18.0 Å². The molecule has 10 heteroatoms. The summed E-state index contributed by atoms with van der Waals surface area (Å²) in [5.41, 5.74) is 3.15. The van der Waals surface area contributed by atoms with Crippen molar-refractivity contribution < 1.29 is 18.0 Å². The van der Waals surface area contributed by atoms with E-state index in [2.05, 4.69) is 20.8 Å². The fraction of sp³-hybridized carbons (Fsp3) is 0.105. The summed E-state index contributed by atoms with van der Waals surface area (Å²) in [6.45, 7) is 0. The van der Waals surface area contributed by atoms with Gasteiger partial charge in [0.2, 0.25) is 5.91 Å². The Bertz CT molecular complexity index is 1020. The quantitative estimate of drug-likeness (QED) is 0.408. The van der Waals surface area contributed by atoms with Crippen LogP contribution in [0, 0.1) is 0 Å². The summed E-state index contributed by atoms with van der Waals surface area (Å²) < 4.78 is 38.3. The highest BCUT2D eigenvalue weighted by atomic mass is 35.5. The topological polar surface area (TPSA) is 66.4 Å². The van der Waals surface area contributed by atoms with E-state index >= 15 is 0 Å². The summed E-state index contributed by atoms with van der Waals surface area (Å²) in [5.74, 6) is -0.369. The monoisotopic (exact) mass is 438 g/mol. The highest BCUT2D eigenvalue weighted by Crippen LogP contribution is 2.31. The molecular weight excluding hydrogens is 425 g/mol. The smallest absolute Gasteiger partial charge is 0.332 e. The molecule has 0 saturated carbocycles. The number of amides is 1. The van der Waals surface area contributed by atoms with Crippen LogP contribution in [-0.2, 0) is 17.4 Å². The second kappa shape index (κ2) is 9.06. The van der Waals surface area contributed by atoms with Crippen molar-refractivity contribution in [3.05, 3.63) is 75.8 Å². The van der Waals surface area contributed by atoms with Crippen LogP contribution in [0.4, 0.5) is 24.0 Å². The molecule has 0 unspecified atom stereocenters. The minimum atomic E-state index is -4.42. The van der Waals surface area contributed by atoms with Crippen LogP contribution in [0.1, 0.15) is 16.8 Å². The fourth-order valence-electron chi connectivity index (χ4n) is 2.27. The Labute approximate surface area is 173 Å². The van der Waals surface area contributed by atoms with Crippen molar-refractivity contribution in [1.82, 2.24) is 10.4 Å². The third-order valence-electron chi connectivity index (χ3n) is 3.61. The van der Waals surface area contributed by atoms with Crippen molar-refractivity contribution in [3.63, 3.8) is 0 Å². The number of halogens is 4. The molecule has 2 aromatic carbocycles. The molecule has 0 aliphatic rings. The first-order valence-corrected chi connectivity index (χ1v) is 9.51. The molecule has 1 amide bonds. The van der Waals surface area contributed by atoms with Gasteiger partial charge >= 0.3 is 6.18 Å². The Kier molecular flexibility index (Phi) is 6.50. The van der Waals surface area contributed by atoms with Gasteiger partial charge in [-0.15, -0.1) is 11.3 Å². The van der Waals surface area contributed by atoms with Crippen molar-refractivity contribution in [1.29, 1.82) is 0 Å². The molecule has 1 heterocycles. The predicted octanol–water partition coefficient (Wildman–Crippen LogP) is 5.25. The molecule has 0 radical (unpaired) electrons. The van der Waals surface area contributed by atoms with E-state index in [9.17, 15) is 18.0 Å². The van der Waals surface area contributed by atoms with E-state index in [0.29, 0.717) is 15.8 Å². The highest BCUT2D eigenvalue weighted by Gasteiger charge is 2.30. The first-order chi connectivity index (χ1) is 13.8. The number of nitrogens with zero attached hydrogens (tertiary/aromatic N) is 2. The minimum absolute atomic E-state index is 0.0152. The van der Waals surface area contributed by atoms with E-state index in [0.717, 1.165) is 17.7 Å². The molecule has 0 saturated heterocycles. The summed E-state index contributed by atoms with van der Waals surface area (Å²) in [5, 5.41) is 9.31. The maximum absolute atomic E-state index is 12.8. The van der Waals surface area contributed by atoms with Crippen LogP contribution in [0.15, 0.2) is 59.0 Å². The fourth-order valence-corrected chi connectivity index (χ4v) is 3.13. The number of aromatic nitrogens is 1. The van der Waals surface area contributed by atoms with Crippen LogP contribution in [0.3, 0.4) is 0 Å². The van der Waals surface area contributed by atoms with Gasteiger partial charge in [-0.2, -0.15) is 18.3 Å². The number of benzene rings is 2.